The molecule has 2 fully saturated rings. The van der Waals surface area contributed by atoms with Crippen LogP contribution in [0.5, 0.6) is 0 Å². The maximum atomic E-state index is 12.2. The zero-order valence-corrected chi connectivity index (χ0v) is 10.9. The largest absolute Gasteiger partial charge is 0.394 e. The molecule has 5 nitrogen and oxygen atoms in total. The van der Waals surface area contributed by atoms with E-state index in [-0.39, 0.29) is 30.4 Å². The van der Waals surface area contributed by atoms with E-state index in [2.05, 4.69) is 0 Å². The summed E-state index contributed by atoms with van der Waals surface area (Å²) in [6.45, 7) is -0.0424. The van der Waals surface area contributed by atoms with Gasteiger partial charge in [0.15, 0.2) is 0 Å². The Hall–Kier alpha value is -0.940. The van der Waals surface area contributed by atoms with E-state index in [0.29, 0.717) is 12.8 Å². The number of ether oxygens (including phenoxy) is 1. The molecule has 2 amide bonds. The third kappa shape index (κ3) is 2.42. The van der Waals surface area contributed by atoms with Gasteiger partial charge in [0.1, 0.15) is 0 Å². The topological polar surface area (TPSA) is 66.8 Å². The van der Waals surface area contributed by atoms with Crippen molar-refractivity contribution in [3.8, 4) is 0 Å². The van der Waals surface area contributed by atoms with Gasteiger partial charge < -0.3 is 9.84 Å². The number of imide groups is 1. The van der Waals surface area contributed by atoms with Crippen molar-refractivity contribution >= 4 is 11.8 Å². The van der Waals surface area contributed by atoms with Gasteiger partial charge in [-0.2, -0.15) is 0 Å². The minimum Gasteiger partial charge on any atom is -0.394 e. The van der Waals surface area contributed by atoms with Crippen molar-refractivity contribution in [2.24, 2.45) is 5.41 Å². The third-order valence-electron chi connectivity index (χ3n) is 4.19. The van der Waals surface area contributed by atoms with Crippen molar-refractivity contribution in [1.82, 2.24) is 4.90 Å². The van der Waals surface area contributed by atoms with Crippen LogP contribution in [-0.2, 0) is 14.3 Å². The van der Waals surface area contributed by atoms with Gasteiger partial charge in [-0.15, -0.1) is 0 Å². The lowest BCUT2D eigenvalue weighted by molar-refractivity contribution is -0.159. The quantitative estimate of drug-likeness (QED) is 0.751. The lowest BCUT2D eigenvalue weighted by Crippen LogP contribution is -2.54. The Morgan fingerprint density at radius 1 is 1.28 bits per heavy atom. The number of aliphatic hydroxyl groups excluding tert-OH is 1. The molecule has 1 aliphatic heterocycles. The molecule has 1 unspecified atom stereocenters. The molecule has 0 radical (unpaired) electrons. The zero-order chi connectivity index (χ0) is 13.2. The summed E-state index contributed by atoms with van der Waals surface area (Å²) >= 11 is 0. The van der Waals surface area contributed by atoms with Crippen LogP contribution in [0.3, 0.4) is 0 Å². The summed E-state index contributed by atoms with van der Waals surface area (Å²) in [5, 5.41) is 9.28. The summed E-state index contributed by atoms with van der Waals surface area (Å²) in [5.74, 6) is -0.298. The first kappa shape index (κ1) is 13.5. The van der Waals surface area contributed by atoms with E-state index in [1.807, 2.05) is 0 Å². The normalized spacial score (nSPS) is 24.9. The predicted molar refractivity (Wildman–Crippen MR) is 64.7 cm³/mol. The summed E-state index contributed by atoms with van der Waals surface area (Å²) in [6, 6.07) is -0.534. The van der Waals surface area contributed by atoms with Crippen LogP contribution in [-0.4, -0.2) is 48.2 Å². The highest BCUT2D eigenvalue weighted by molar-refractivity contribution is 5.99. The first-order valence-corrected chi connectivity index (χ1v) is 6.56. The standard InChI is InChI=1S/C13H21NO4/c1-18-9-10(8-15)14-11(16)6-13(7-12(14)17)4-2-3-5-13/h10,15H,2-9H2,1H3. The summed E-state index contributed by atoms with van der Waals surface area (Å²) in [4.78, 5) is 25.6. The summed E-state index contributed by atoms with van der Waals surface area (Å²) in [6.07, 6.45) is 5.07. The lowest BCUT2D eigenvalue weighted by atomic mass is 9.76. The molecule has 1 heterocycles. The van der Waals surface area contributed by atoms with Gasteiger partial charge in [-0.1, -0.05) is 12.8 Å². The smallest absolute Gasteiger partial charge is 0.230 e. The molecule has 1 aliphatic carbocycles. The Morgan fingerprint density at radius 2 is 1.83 bits per heavy atom. The van der Waals surface area contributed by atoms with E-state index in [4.69, 9.17) is 4.74 Å². The van der Waals surface area contributed by atoms with Gasteiger partial charge in [0.05, 0.1) is 19.3 Å². The van der Waals surface area contributed by atoms with E-state index in [1.54, 1.807) is 0 Å². The number of nitrogens with zero attached hydrogens (tertiary/aromatic N) is 1. The van der Waals surface area contributed by atoms with Crippen molar-refractivity contribution in [3.05, 3.63) is 0 Å². The lowest BCUT2D eigenvalue weighted by Gasteiger charge is -2.40. The molecule has 0 bridgehead atoms. The maximum Gasteiger partial charge on any atom is 0.230 e. The second kappa shape index (κ2) is 5.36. The SMILES string of the molecule is COCC(CO)N1C(=O)CC2(CCCC2)CC1=O. The van der Waals surface area contributed by atoms with E-state index >= 15 is 0 Å². The van der Waals surface area contributed by atoms with Crippen LogP contribution in [0.2, 0.25) is 0 Å². The Morgan fingerprint density at radius 3 is 2.28 bits per heavy atom. The third-order valence-corrected chi connectivity index (χ3v) is 4.19. The fourth-order valence-electron chi connectivity index (χ4n) is 3.30. The molecule has 1 saturated heterocycles. The van der Waals surface area contributed by atoms with E-state index < -0.39 is 6.04 Å². The number of methoxy groups -OCH3 is 1. The fourth-order valence-corrected chi connectivity index (χ4v) is 3.30. The molecule has 18 heavy (non-hydrogen) atoms. The number of carbonyl (C=O) groups excluding carboxylic acids is 2. The number of aliphatic hydroxyl groups is 1. The number of likely N-dealkylation sites (tertiary alicyclic amines) is 1. The first-order valence-electron chi connectivity index (χ1n) is 6.56. The van der Waals surface area contributed by atoms with Crippen LogP contribution in [0.1, 0.15) is 38.5 Å². The number of hydrogen-bond acceptors (Lipinski definition) is 4. The van der Waals surface area contributed by atoms with Gasteiger partial charge in [-0.3, -0.25) is 14.5 Å². The van der Waals surface area contributed by atoms with Crippen molar-refractivity contribution in [2.45, 2.75) is 44.6 Å². The van der Waals surface area contributed by atoms with E-state index in [9.17, 15) is 14.7 Å². The van der Waals surface area contributed by atoms with Gasteiger partial charge in [-0.25, -0.2) is 0 Å². The molecule has 5 heteroatoms. The van der Waals surface area contributed by atoms with Crippen molar-refractivity contribution < 1.29 is 19.4 Å². The Balaban J connectivity index is 2.10. The Kier molecular flexibility index (Phi) is 4.02. The number of amides is 2. The molecular weight excluding hydrogens is 234 g/mol. The highest BCUT2D eigenvalue weighted by Crippen LogP contribution is 2.47. The molecule has 1 atom stereocenters. The highest BCUT2D eigenvalue weighted by Gasteiger charge is 2.46. The van der Waals surface area contributed by atoms with Gasteiger partial charge in [0.25, 0.3) is 0 Å². The van der Waals surface area contributed by atoms with Gasteiger partial charge in [0.2, 0.25) is 11.8 Å². The summed E-state index contributed by atoms with van der Waals surface area (Å²) in [5.41, 5.74) is -0.0856. The molecule has 1 saturated carbocycles. The molecule has 1 N–H and O–H groups in total. The average Bonchev–Trinajstić information content (AvgIpc) is 2.74. The fraction of sp³-hybridized carbons (Fsp3) is 0.846. The Labute approximate surface area is 107 Å². The second-order valence-electron chi connectivity index (χ2n) is 5.51. The molecule has 2 aliphatic rings. The molecule has 0 aromatic rings. The molecule has 1 spiro atoms. The number of carbonyl (C=O) groups is 2. The summed E-state index contributed by atoms with van der Waals surface area (Å²) in [7, 11) is 1.50. The van der Waals surface area contributed by atoms with Gasteiger partial charge >= 0.3 is 0 Å². The molecular formula is C13H21NO4. The first-order chi connectivity index (χ1) is 8.62. The van der Waals surface area contributed by atoms with Gasteiger partial charge in [-0.05, 0) is 18.3 Å². The molecule has 0 aromatic heterocycles. The minimum absolute atomic E-state index is 0.0856. The van der Waals surface area contributed by atoms with Crippen LogP contribution in [0.25, 0.3) is 0 Å². The predicted octanol–water partition coefficient (Wildman–Crippen LogP) is 0.703. The molecule has 2 rings (SSSR count). The molecule has 102 valence electrons. The van der Waals surface area contributed by atoms with Crippen LogP contribution < -0.4 is 0 Å². The zero-order valence-electron chi connectivity index (χ0n) is 10.9. The van der Waals surface area contributed by atoms with Crippen LogP contribution in [0, 0.1) is 5.41 Å². The number of rotatable bonds is 4. The van der Waals surface area contributed by atoms with Crippen molar-refractivity contribution in [3.63, 3.8) is 0 Å². The second-order valence-corrected chi connectivity index (χ2v) is 5.51. The Bertz CT molecular complexity index is 316. The van der Waals surface area contributed by atoms with Crippen LogP contribution >= 0.6 is 0 Å². The summed E-state index contributed by atoms with van der Waals surface area (Å²) < 4.78 is 4.96. The number of piperidine rings is 1. The highest BCUT2D eigenvalue weighted by atomic mass is 16.5. The minimum atomic E-state index is -0.534. The number of hydrogen-bond donors (Lipinski definition) is 1. The molecule has 0 aromatic carbocycles. The van der Waals surface area contributed by atoms with Crippen molar-refractivity contribution in [1.29, 1.82) is 0 Å². The van der Waals surface area contributed by atoms with Crippen LogP contribution in [0.4, 0.5) is 0 Å². The maximum absolute atomic E-state index is 12.2. The monoisotopic (exact) mass is 255 g/mol. The van der Waals surface area contributed by atoms with E-state index in [1.165, 1.54) is 12.0 Å². The van der Waals surface area contributed by atoms with Gasteiger partial charge in [0, 0.05) is 20.0 Å². The van der Waals surface area contributed by atoms with Crippen molar-refractivity contribution in [2.75, 3.05) is 20.3 Å². The average molecular weight is 255 g/mol. The van der Waals surface area contributed by atoms with Crippen LogP contribution in [0.15, 0.2) is 0 Å². The van der Waals surface area contributed by atoms with E-state index in [0.717, 1.165) is 25.7 Å².